The fraction of sp³-hybridized carbons (Fsp3) is 0.364. The van der Waals surface area contributed by atoms with Crippen LogP contribution in [-0.2, 0) is 9.53 Å². The van der Waals surface area contributed by atoms with Gasteiger partial charge in [-0.1, -0.05) is 50.9 Å². The standard InChI is InChI=1S/C11H12Br2O2/c1-2-7-15-11(14)10(13)8-3-5-9(12)6-4-8/h3-6,10H,2,7H2,1H3. The van der Waals surface area contributed by atoms with E-state index in [1.165, 1.54) is 0 Å². The van der Waals surface area contributed by atoms with Crippen LogP contribution < -0.4 is 0 Å². The van der Waals surface area contributed by atoms with E-state index in [4.69, 9.17) is 4.74 Å². The number of ether oxygens (including phenoxy) is 1. The van der Waals surface area contributed by atoms with E-state index in [0.29, 0.717) is 6.61 Å². The van der Waals surface area contributed by atoms with Crippen molar-refractivity contribution in [2.24, 2.45) is 0 Å². The Bertz CT molecular complexity index is 322. The first-order valence-electron chi connectivity index (χ1n) is 4.71. The third kappa shape index (κ3) is 3.95. The van der Waals surface area contributed by atoms with Gasteiger partial charge in [0.2, 0.25) is 0 Å². The number of benzene rings is 1. The van der Waals surface area contributed by atoms with E-state index in [1.54, 1.807) is 0 Å². The molecule has 0 heterocycles. The molecular weight excluding hydrogens is 324 g/mol. The molecule has 1 unspecified atom stereocenters. The molecule has 0 aliphatic rings. The van der Waals surface area contributed by atoms with Crippen molar-refractivity contribution in [1.82, 2.24) is 0 Å². The van der Waals surface area contributed by atoms with Gasteiger partial charge in [0.15, 0.2) is 0 Å². The molecule has 0 amide bonds. The summed E-state index contributed by atoms with van der Waals surface area (Å²) in [5.74, 6) is -0.237. The third-order valence-corrected chi connectivity index (χ3v) is 3.25. The van der Waals surface area contributed by atoms with Crippen molar-refractivity contribution in [2.75, 3.05) is 6.61 Å². The first-order chi connectivity index (χ1) is 7.15. The highest BCUT2D eigenvalue weighted by atomic mass is 79.9. The maximum atomic E-state index is 11.5. The minimum absolute atomic E-state index is 0.237. The number of carbonyl (C=O) groups is 1. The zero-order valence-corrected chi connectivity index (χ0v) is 11.5. The van der Waals surface area contributed by atoms with Crippen LogP contribution >= 0.6 is 31.9 Å². The van der Waals surface area contributed by atoms with E-state index in [2.05, 4.69) is 31.9 Å². The van der Waals surface area contributed by atoms with Crippen molar-refractivity contribution < 1.29 is 9.53 Å². The Morgan fingerprint density at radius 3 is 2.53 bits per heavy atom. The first kappa shape index (κ1) is 12.7. The minimum Gasteiger partial charge on any atom is -0.465 e. The van der Waals surface area contributed by atoms with Crippen molar-refractivity contribution in [1.29, 1.82) is 0 Å². The first-order valence-corrected chi connectivity index (χ1v) is 6.42. The molecule has 0 saturated carbocycles. The number of esters is 1. The molecule has 4 heteroatoms. The highest BCUT2D eigenvalue weighted by Crippen LogP contribution is 2.25. The maximum absolute atomic E-state index is 11.5. The van der Waals surface area contributed by atoms with Crippen LogP contribution in [0.1, 0.15) is 23.7 Å². The smallest absolute Gasteiger partial charge is 0.324 e. The monoisotopic (exact) mass is 334 g/mol. The molecule has 0 saturated heterocycles. The summed E-state index contributed by atoms with van der Waals surface area (Å²) in [6, 6.07) is 7.57. The topological polar surface area (TPSA) is 26.3 Å². The zero-order valence-electron chi connectivity index (χ0n) is 8.37. The Balaban J connectivity index is 2.63. The van der Waals surface area contributed by atoms with Gasteiger partial charge in [-0.3, -0.25) is 4.79 Å². The summed E-state index contributed by atoms with van der Waals surface area (Å²) in [6.45, 7) is 2.44. The Hall–Kier alpha value is -0.350. The van der Waals surface area contributed by atoms with E-state index in [-0.39, 0.29) is 10.8 Å². The van der Waals surface area contributed by atoms with Crippen LogP contribution in [0.25, 0.3) is 0 Å². The molecule has 1 aromatic carbocycles. The van der Waals surface area contributed by atoms with Crippen LogP contribution in [0.4, 0.5) is 0 Å². The lowest BCUT2D eigenvalue weighted by atomic mass is 10.1. The highest BCUT2D eigenvalue weighted by Gasteiger charge is 2.17. The largest absolute Gasteiger partial charge is 0.465 e. The number of halogens is 2. The van der Waals surface area contributed by atoms with E-state index in [0.717, 1.165) is 16.5 Å². The summed E-state index contributed by atoms with van der Waals surface area (Å²) in [5.41, 5.74) is 0.902. The van der Waals surface area contributed by atoms with Gasteiger partial charge in [0.05, 0.1) is 6.61 Å². The third-order valence-electron chi connectivity index (χ3n) is 1.82. The number of alkyl halides is 1. The van der Waals surface area contributed by atoms with Crippen molar-refractivity contribution in [3.8, 4) is 0 Å². The number of hydrogen-bond acceptors (Lipinski definition) is 2. The van der Waals surface area contributed by atoms with Crippen LogP contribution in [0.3, 0.4) is 0 Å². The second-order valence-corrected chi connectivity index (χ2v) is 4.91. The zero-order chi connectivity index (χ0) is 11.3. The van der Waals surface area contributed by atoms with Crippen LogP contribution in [-0.4, -0.2) is 12.6 Å². The summed E-state index contributed by atoms with van der Waals surface area (Å²) in [7, 11) is 0. The Morgan fingerprint density at radius 1 is 1.40 bits per heavy atom. The Kier molecular flexibility index (Phi) is 5.32. The van der Waals surface area contributed by atoms with Crippen molar-refractivity contribution in [3.05, 3.63) is 34.3 Å². The number of rotatable bonds is 4. The predicted octanol–water partition coefficient (Wildman–Crippen LogP) is 3.84. The molecule has 0 N–H and O–H groups in total. The Morgan fingerprint density at radius 2 is 2.00 bits per heavy atom. The molecule has 82 valence electrons. The SMILES string of the molecule is CCCOC(=O)C(Br)c1ccc(Br)cc1. The summed E-state index contributed by atoms with van der Waals surface area (Å²) in [5, 5.41) is 0. The molecule has 0 fully saturated rings. The lowest BCUT2D eigenvalue weighted by Gasteiger charge is -2.09. The summed E-state index contributed by atoms with van der Waals surface area (Å²) in [4.78, 5) is 11.1. The summed E-state index contributed by atoms with van der Waals surface area (Å²) >= 11 is 6.66. The molecule has 0 spiro atoms. The van der Waals surface area contributed by atoms with Gasteiger partial charge in [-0.2, -0.15) is 0 Å². The van der Waals surface area contributed by atoms with Gasteiger partial charge in [-0.25, -0.2) is 0 Å². The van der Waals surface area contributed by atoms with Gasteiger partial charge >= 0.3 is 5.97 Å². The van der Waals surface area contributed by atoms with Crippen molar-refractivity contribution >= 4 is 37.8 Å². The number of carbonyl (C=O) groups excluding carboxylic acids is 1. The molecule has 0 aromatic heterocycles. The van der Waals surface area contributed by atoms with E-state index in [9.17, 15) is 4.79 Å². The highest BCUT2D eigenvalue weighted by molar-refractivity contribution is 9.10. The molecule has 0 aliphatic heterocycles. The van der Waals surface area contributed by atoms with Gasteiger partial charge in [0.25, 0.3) is 0 Å². The van der Waals surface area contributed by atoms with Crippen LogP contribution in [0.5, 0.6) is 0 Å². The van der Waals surface area contributed by atoms with Crippen molar-refractivity contribution in [3.63, 3.8) is 0 Å². The second kappa shape index (κ2) is 6.28. The lowest BCUT2D eigenvalue weighted by Crippen LogP contribution is -2.11. The molecule has 2 nitrogen and oxygen atoms in total. The summed E-state index contributed by atoms with van der Waals surface area (Å²) < 4.78 is 6.03. The predicted molar refractivity (Wildman–Crippen MR) is 67.1 cm³/mol. The van der Waals surface area contributed by atoms with Crippen LogP contribution in [0.15, 0.2) is 28.7 Å². The van der Waals surface area contributed by atoms with Gasteiger partial charge in [0.1, 0.15) is 4.83 Å². The quantitative estimate of drug-likeness (QED) is 0.617. The molecule has 1 rings (SSSR count). The average Bonchev–Trinajstić information content (AvgIpc) is 2.26. The number of hydrogen-bond donors (Lipinski definition) is 0. The van der Waals surface area contributed by atoms with E-state index < -0.39 is 0 Å². The van der Waals surface area contributed by atoms with Gasteiger partial charge in [-0.05, 0) is 24.1 Å². The van der Waals surface area contributed by atoms with Crippen LogP contribution in [0, 0.1) is 0 Å². The maximum Gasteiger partial charge on any atom is 0.324 e. The minimum atomic E-state index is -0.378. The fourth-order valence-corrected chi connectivity index (χ4v) is 1.75. The molecule has 1 atom stereocenters. The van der Waals surface area contributed by atoms with E-state index in [1.807, 2.05) is 31.2 Å². The molecule has 0 aliphatic carbocycles. The van der Waals surface area contributed by atoms with Gasteiger partial charge in [-0.15, -0.1) is 0 Å². The summed E-state index contributed by atoms with van der Waals surface area (Å²) in [6.07, 6.45) is 0.839. The normalized spacial score (nSPS) is 12.2. The fourth-order valence-electron chi connectivity index (χ4n) is 1.04. The van der Waals surface area contributed by atoms with E-state index >= 15 is 0 Å². The van der Waals surface area contributed by atoms with Crippen molar-refractivity contribution in [2.45, 2.75) is 18.2 Å². The lowest BCUT2D eigenvalue weighted by molar-refractivity contribution is -0.142. The average molecular weight is 336 g/mol. The molecule has 0 radical (unpaired) electrons. The molecule has 1 aromatic rings. The van der Waals surface area contributed by atoms with Gasteiger partial charge in [0, 0.05) is 4.47 Å². The molecular formula is C11H12Br2O2. The molecule has 0 bridgehead atoms. The Labute approximate surface area is 106 Å². The molecule has 15 heavy (non-hydrogen) atoms. The van der Waals surface area contributed by atoms with Gasteiger partial charge < -0.3 is 4.74 Å². The second-order valence-electron chi connectivity index (χ2n) is 3.08. The van der Waals surface area contributed by atoms with Crippen LogP contribution in [0.2, 0.25) is 0 Å².